The van der Waals surface area contributed by atoms with Gasteiger partial charge in [-0.3, -0.25) is 14.9 Å². The molecule has 5 nitrogen and oxygen atoms in total. The van der Waals surface area contributed by atoms with E-state index in [-0.39, 0.29) is 23.5 Å². The van der Waals surface area contributed by atoms with Gasteiger partial charge in [0.15, 0.2) is 0 Å². The first-order valence-electron chi connectivity index (χ1n) is 7.57. The van der Waals surface area contributed by atoms with Gasteiger partial charge in [0.1, 0.15) is 6.10 Å². The molecule has 1 aliphatic heterocycles. The van der Waals surface area contributed by atoms with Crippen molar-refractivity contribution in [2.75, 3.05) is 6.54 Å². The second-order valence-electron chi connectivity index (χ2n) is 5.71. The standard InChI is InChI=1S/C18H17NO4/c20-18-15(11-17(23-18)14-9-5-2-6-10-14)16(12-19(21)22)13-7-3-1-4-8-13/h1-10,15-17H,11-12H2/t15-,16-,17+/m1/s1. The second kappa shape index (κ2) is 6.60. The van der Waals surface area contributed by atoms with Crippen molar-refractivity contribution in [2.24, 2.45) is 5.92 Å². The van der Waals surface area contributed by atoms with Crippen LogP contribution in [0.1, 0.15) is 29.6 Å². The van der Waals surface area contributed by atoms with E-state index in [1.165, 1.54) is 0 Å². The number of rotatable bonds is 5. The van der Waals surface area contributed by atoms with Crippen molar-refractivity contribution in [2.45, 2.75) is 18.4 Å². The highest BCUT2D eigenvalue weighted by atomic mass is 16.6. The Balaban J connectivity index is 1.85. The van der Waals surface area contributed by atoms with Crippen LogP contribution in [0.3, 0.4) is 0 Å². The van der Waals surface area contributed by atoms with Crippen LogP contribution in [0.25, 0.3) is 0 Å². The summed E-state index contributed by atoms with van der Waals surface area (Å²) >= 11 is 0. The average Bonchev–Trinajstić information content (AvgIpc) is 2.96. The summed E-state index contributed by atoms with van der Waals surface area (Å²) in [7, 11) is 0. The predicted octanol–water partition coefficient (Wildman–Crippen LogP) is 3.35. The van der Waals surface area contributed by atoms with Crippen molar-refractivity contribution in [3.63, 3.8) is 0 Å². The van der Waals surface area contributed by atoms with E-state index in [0.29, 0.717) is 6.42 Å². The van der Waals surface area contributed by atoms with Crippen LogP contribution in [-0.4, -0.2) is 17.4 Å². The normalized spacial score (nSPS) is 21.7. The lowest BCUT2D eigenvalue weighted by Crippen LogP contribution is -2.24. The van der Waals surface area contributed by atoms with Crippen molar-refractivity contribution in [3.05, 3.63) is 81.9 Å². The predicted molar refractivity (Wildman–Crippen MR) is 84.4 cm³/mol. The lowest BCUT2D eigenvalue weighted by atomic mass is 9.83. The van der Waals surface area contributed by atoms with Crippen LogP contribution < -0.4 is 0 Å². The summed E-state index contributed by atoms with van der Waals surface area (Å²) in [6.45, 7) is -0.273. The van der Waals surface area contributed by atoms with Crippen LogP contribution in [-0.2, 0) is 9.53 Å². The van der Waals surface area contributed by atoms with Crippen molar-refractivity contribution < 1.29 is 14.5 Å². The number of esters is 1. The molecule has 0 saturated carbocycles. The van der Waals surface area contributed by atoms with Gasteiger partial charge in [0.05, 0.1) is 11.8 Å². The van der Waals surface area contributed by atoms with Gasteiger partial charge in [0, 0.05) is 11.3 Å². The maximum absolute atomic E-state index is 12.3. The van der Waals surface area contributed by atoms with Crippen LogP contribution in [0.15, 0.2) is 60.7 Å². The van der Waals surface area contributed by atoms with Gasteiger partial charge < -0.3 is 4.74 Å². The van der Waals surface area contributed by atoms with Crippen LogP contribution in [0.2, 0.25) is 0 Å². The van der Waals surface area contributed by atoms with Gasteiger partial charge >= 0.3 is 5.97 Å². The molecule has 0 spiro atoms. The first-order valence-corrected chi connectivity index (χ1v) is 7.57. The molecule has 3 rings (SSSR count). The summed E-state index contributed by atoms with van der Waals surface area (Å²) in [5, 5.41) is 11.1. The topological polar surface area (TPSA) is 69.4 Å². The molecule has 1 aliphatic rings. The summed E-state index contributed by atoms with van der Waals surface area (Å²) in [4.78, 5) is 23.0. The summed E-state index contributed by atoms with van der Waals surface area (Å²) < 4.78 is 5.48. The van der Waals surface area contributed by atoms with Crippen LogP contribution in [0.4, 0.5) is 0 Å². The van der Waals surface area contributed by atoms with Gasteiger partial charge in [-0.15, -0.1) is 0 Å². The van der Waals surface area contributed by atoms with E-state index in [1.54, 1.807) is 0 Å². The second-order valence-corrected chi connectivity index (χ2v) is 5.71. The summed E-state index contributed by atoms with van der Waals surface area (Å²) in [5.41, 5.74) is 1.73. The molecule has 1 heterocycles. The Bertz CT molecular complexity index is 687. The highest BCUT2D eigenvalue weighted by molar-refractivity contribution is 5.76. The minimum Gasteiger partial charge on any atom is -0.457 e. The molecule has 118 valence electrons. The number of ether oxygens (including phenoxy) is 1. The van der Waals surface area contributed by atoms with Crippen molar-refractivity contribution in [3.8, 4) is 0 Å². The SMILES string of the molecule is O=C1O[C@H](c2ccccc2)C[C@@H]1[C@H](C[N+](=O)[O-])c1ccccc1. The molecule has 5 heteroatoms. The number of hydrogen-bond donors (Lipinski definition) is 0. The monoisotopic (exact) mass is 311 g/mol. The summed E-state index contributed by atoms with van der Waals surface area (Å²) in [5.74, 6) is -1.31. The number of carbonyl (C=O) groups is 1. The first kappa shape index (κ1) is 15.2. The Morgan fingerprint density at radius 2 is 1.70 bits per heavy atom. The third kappa shape index (κ3) is 3.39. The van der Waals surface area contributed by atoms with E-state index in [0.717, 1.165) is 11.1 Å². The zero-order valence-corrected chi connectivity index (χ0v) is 12.5. The van der Waals surface area contributed by atoms with E-state index < -0.39 is 11.8 Å². The highest BCUT2D eigenvalue weighted by Gasteiger charge is 2.42. The van der Waals surface area contributed by atoms with Crippen LogP contribution >= 0.6 is 0 Å². The molecule has 23 heavy (non-hydrogen) atoms. The lowest BCUT2D eigenvalue weighted by Gasteiger charge is -2.17. The van der Waals surface area contributed by atoms with Gasteiger partial charge in [-0.1, -0.05) is 60.7 Å². The Hall–Kier alpha value is -2.69. The van der Waals surface area contributed by atoms with Gasteiger partial charge in [-0.2, -0.15) is 0 Å². The third-order valence-electron chi connectivity index (χ3n) is 4.26. The number of nitrogens with zero attached hydrogens (tertiary/aromatic N) is 1. The third-order valence-corrected chi connectivity index (χ3v) is 4.26. The Labute approximate surface area is 134 Å². The van der Waals surface area contributed by atoms with E-state index in [2.05, 4.69) is 0 Å². The van der Waals surface area contributed by atoms with Gasteiger partial charge in [0.25, 0.3) is 0 Å². The summed E-state index contributed by atoms with van der Waals surface area (Å²) in [6, 6.07) is 18.7. The number of cyclic esters (lactones) is 1. The quantitative estimate of drug-likeness (QED) is 0.482. The van der Waals surface area contributed by atoms with Crippen molar-refractivity contribution in [1.82, 2.24) is 0 Å². The first-order chi connectivity index (χ1) is 11.1. The molecule has 3 atom stereocenters. The van der Waals surface area contributed by atoms with Crippen LogP contribution in [0, 0.1) is 16.0 Å². The molecule has 2 aromatic rings. The van der Waals surface area contributed by atoms with E-state index in [1.807, 2.05) is 60.7 Å². The Morgan fingerprint density at radius 3 is 2.30 bits per heavy atom. The molecule has 0 aliphatic carbocycles. The van der Waals surface area contributed by atoms with Gasteiger partial charge in [0.2, 0.25) is 6.54 Å². The zero-order valence-electron chi connectivity index (χ0n) is 12.5. The van der Waals surface area contributed by atoms with E-state index in [4.69, 9.17) is 4.74 Å². The molecule has 2 aromatic carbocycles. The molecule has 0 aromatic heterocycles. The summed E-state index contributed by atoms with van der Waals surface area (Å²) in [6.07, 6.45) is 0.141. The smallest absolute Gasteiger partial charge is 0.310 e. The number of benzene rings is 2. The lowest BCUT2D eigenvalue weighted by molar-refractivity contribution is -0.484. The molecule has 0 radical (unpaired) electrons. The fraction of sp³-hybridized carbons (Fsp3) is 0.278. The highest BCUT2D eigenvalue weighted by Crippen LogP contribution is 2.40. The number of hydrogen-bond acceptors (Lipinski definition) is 4. The van der Waals surface area contributed by atoms with Crippen LogP contribution in [0.5, 0.6) is 0 Å². The Kier molecular flexibility index (Phi) is 4.37. The maximum Gasteiger partial charge on any atom is 0.310 e. The van der Waals surface area contributed by atoms with E-state index in [9.17, 15) is 14.9 Å². The largest absolute Gasteiger partial charge is 0.457 e. The van der Waals surface area contributed by atoms with Crippen molar-refractivity contribution in [1.29, 1.82) is 0 Å². The minimum absolute atomic E-state index is 0.273. The molecule has 1 saturated heterocycles. The fourth-order valence-electron chi connectivity index (χ4n) is 3.13. The van der Waals surface area contributed by atoms with Gasteiger partial charge in [-0.05, 0) is 11.1 Å². The van der Waals surface area contributed by atoms with Gasteiger partial charge in [-0.25, -0.2) is 0 Å². The maximum atomic E-state index is 12.3. The Morgan fingerprint density at radius 1 is 1.09 bits per heavy atom. The molecule has 0 N–H and O–H groups in total. The minimum atomic E-state index is -0.493. The zero-order chi connectivity index (χ0) is 16.2. The van der Waals surface area contributed by atoms with E-state index >= 15 is 0 Å². The fourth-order valence-corrected chi connectivity index (χ4v) is 3.13. The van der Waals surface area contributed by atoms with Crippen molar-refractivity contribution >= 4 is 5.97 Å². The molecular formula is C18H17NO4. The average molecular weight is 311 g/mol. The molecule has 1 fully saturated rings. The molecule has 0 amide bonds. The molecule has 0 bridgehead atoms. The number of nitro groups is 1. The molecular weight excluding hydrogens is 294 g/mol. The molecule has 0 unspecified atom stereocenters. The number of carbonyl (C=O) groups excluding carboxylic acids is 1.